The van der Waals surface area contributed by atoms with E-state index in [1.54, 1.807) is 4.90 Å². The fraction of sp³-hybridized carbons (Fsp3) is 0.417. The van der Waals surface area contributed by atoms with E-state index in [4.69, 9.17) is 0 Å². The quantitative estimate of drug-likeness (QED) is 0.627. The second kappa shape index (κ2) is 11.1. The number of rotatable bonds is 9. The Morgan fingerprint density at radius 1 is 1.03 bits per heavy atom. The van der Waals surface area contributed by atoms with Gasteiger partial charge in [-0.15, -0.1) is 11.8 Å². The van der Waals surface area contributed by atoms with Crippen LogP contribution in [-0.4, -0.2) is 41.1 Å². The Labute approximate surface area is 178 Å². The molecule has 1 atom stereocenters. The fourth-order valence-electron chi connectivity index (χ4n) is 3.71. The molecule has 0 bridgehead atoms. The monoisotopic (exact) mass is 410 g/mol. The minimum absolute atomic E-state index is 0.00357. The molecule has 4 nitrogen and oxygen atoms in total. The van der Waals surface area contributed by atoms with Crippen LogP contribution in [0.4, 0.5) is 0 Å². The van der Waals surface area contributed by atoms with Gasteiger partial charge in [0.05, 0.1) is 5.75 Å². The number of nitrogens with zero attached hydrogens (tertiary/aromatic N) is 1. The lowest BCUT2D eigenvalue weighted by Gasteiger charge is -2.29. The molecule has 0 radical (unpaired) electrons. The summed E-state index contributed by atoms with van der Waals surface area (Å²) in [5.41, 5.74) is 1.17. The first kappa shape index (κ1) is 21.4. The average Bonchev–Trinajstić information content (AvgIpc) is 3.26. The van der Waals surface area contributed by atoms with Crippen LogP contribution in [0, 0.1) is 0 Å². The van der Waals surface area contributed by atoms with Gasteiger partial charge in [-0.1, -0.05) is 61.4 Å². The molecule has 1 fully saturated rings. The summed E-state index contributed by atoms with van der Waals surface area (Å²) in [6.45, 7) is 2.39. The summed E-state index contributed by atoms with van der Waals surface area (Å²) in [7, 11) is 0. The maximum atomic E-state index is 13.0. The van der Waals surface area contributed by atoms with Crippen molar-refractivity contribution in [2.24, 2.45) is 0 Å². The zero-order valence-electron chi connectivity index (χ0n) is 17.0. The Balaban J connectivity index is 1.63. The summed E-state index contributed by atoms with van der Waals surface area (Å²) in [6, 6.07) is 19.8. The number of hydrogen-bond acceptors (Lipinski definition) is 3. The molecule has 154 valence electrons. The van der Waals surface area contributed by atoms with E-state index in [-0.39, 0.29) is 17.9 Å². The second-order valence-electron chi connectivity index (χ2n) is 7.59. The van der Waals surface area contributed by atoms with Gasteiger partial charge in [0, 0.05) is 17.5 Å². The predicted molar refractivity (Wildman–Crippen MR) is 119 cm³/mol. The van der Waals surface area contributed by atoms with Gasteiger partial charge in [-0.3, -0.25) is 9.59 Å². The van der Waals surface area contributed by atoms with Gasteiger partial charge in [-0.05, 0) is 43.9 Å². The number of hydrogen-bond donors (Lipinski definition) is 1. The van der Waals surface area contributed by atoms with Crippen LogP contribution in [0.2, 0.25) is 0 Å². The van der Waals surface area contributed by atoms with Gasteiger partial charge in [0.2, 0.25) is 11.8 Å². The Kier molecular flexibility index (Phi) is 8.17. The van der Waals surface area contributed by atoms with Crippen LogP contribution in [-0.2, 0) is 16.0 Å². The molecular weight excluding hydrogens is 380 g/mol. The topological polar surface area (TPSA) is 49.4 Å². The molecule has 1 saturated carbocycles. The normalized spacial score (nSPS) is 15.1. The number of amides is 2. The molecule has 1 N–H and O–H groups in total. The third kappa shape index (κ3) is 6.64. The van der Waals surface area contributed by atoms with Gasteiger partial charge >= 0.3 is 0 Å². The van der Waals surface area contributed by atoms with Gasteiger partial charge in [0.15, 0.2) is 0 Å². The minimum atomic E-state index is -0.469. The van der Waals surface area contributed by atoms with E-state index in [0.717, 1.165) is 24.2 Å². The molecule has 2 amide bonds. The van der Waals surface area contributed by atoms with Gasteiger partial charge in [-0.25, -0.2) is 0 Å². The molecular formula is C24H30N2O2S. The molecule has 2 aromatic carbocycles. The standard InChI is InChI=1S/C24H30N2O2S/c1-19(24(28)25-21-12-8-9-13-21)26(17-16-20-10-4-2-5-11-20)23(27)18-29-22-14-6-3-7-15-22/h2-7,10-11,14-15,19,21H,8-9,12-13,16-18H2,1H3,(H,25,28)/t19-/m0/s1. The maximum absolute atomic E-state index is 13.0. The molecule has 5 heteroatoms. The first-order valence-electron chi connectivity index (χ1n) is 10.4. The zero-order chi connectivity index (χ0) is 20.5. The highest BCUT2D eigenvalue weighted by Gasteiger charge is 2.28. The molecule has 0 unspecified atom stereocenters. The molecule has 0 heterocycles. The van der Waals surface area contributed by atoms with Gasteiger partial charge < -0.3 is 10.2 Å². The van der Waals surface area contributed by atoms with Crippen LogP contribution < -0.4 is 5.32 Å². The van der Waals surface area contributed by atoms with Crippen molar-refractivity contribution < 1.29 is 9.59 Å². The molecule has 0 saturated heterocycles. The van der Waals surface area contributed by atoms with Crippen molar-refractivity contribution in [3.63, 3.8) is 0 Å². The fourth-order valence-corrected chi connectivity index (χ4v) is 4.51. The van der Waals surface area contributed by atoms with Crippen molar-refractivity contribution in [1.29, 1.82) is 0 Å². The Morgan fingerprint density at radius 3 is 2.31 bits per heavy atom. The molecule has 0 aliphatic heterocycles. The number of thioether (sulfide) groups is 1. The molecule has 2 aromatic rings. The van der Waals surface area contributed by atoms with Crippen LogP contribution in [0.25, 0.3) is 0 Å². The highest BCUT2D eigenvalue weighted by molar-refractivity contribution is 8.00. The summed E-state index contributed by atoms with van der Waals surface area (Å²) in [4.78, 5) is 28.7. The molecule has 1 aliphatic carbocycles. The van der Waals surface area contributed by atoms with E-state index >= 15 is 0 Å². The van der Waals surface area contributed by atoms with Gasteiger partial charge in [0.1, 0.15) is 6.04 Å². The molecule has 29 heavy (non-hydrogen) atoms. The highest BCUT2D eigenvalue weighted by atomic mass is 32.2. The Bertz CT molecular complexity index is 776. The second-order valence-corrected chi connectivity index (χ2v) is 8.64. The van der Waals surface area contributed by atoms with E-state index in [1.807, 2.05) is 55.5 Å². The van der Waals surface area contributed by atoms with Crippen molar-refractivity contribution in [3.8, 4) is 0 Å². The summed E-state index contributed by atoms with van der Waals surface area (Å²) < 4.78 is 0. The number of carbonyl (C=O) groups excluding carboxylic acids is 2. The lowest BCUT2D eigenvalue weighted by atomic mass is 10.1. The van der Waals surface area contributed by atoms with Crippen molar-refractivity contribution in [1.82, 2.24) is 10.2 Å². The SMILES string of the molecule is C[C@@H](C(=O)NC1CCCC1)N(CCc1ccccc1)C(=O)CSc1ccccc1. The van der Waals surface area contributed by atoms with Crippen molar-refractivity contribution in [2.45, 2.75) is 56.0 Å². The summed E-state index contributed by atoms with van der Waals surface area (Å²) in [5, 5.41) is 3.15. The number of benzene rings is 2. The summed E-state index contributed by atoms with van der Waals surface area (Å²) >= 11 is 1.52. The lowest BCUT2D eigenvalue weighted by molar-refractivity contribution is -0.138. The zero-order valence-corrected chi connectivity index (χ0v) is 17.9. The van der Waals surface area contributed by atoms with Crippen molar-refractivity contribution in [2.75, 3.05) is 12.3 Å². The van der Waals surface area contributed by atoms with E-state index < -0.39 is 6.04 Å². The first-order chi connectivity index (χ1) is 14.1. The van der Waals surface area contributed by atoms with Crippen LogP contribution in [0.1, 0.15) is 38.2 Å². The Morgan fingerprint density at radius 2 is 1.66 bits per heavy atom. The number of nitrogens with one attached hydrogen (secondary N) is 1. The predicted octanol–water partition coefficient (Wildman–Crippen LogP) is 4.30. The first-order valence-corrected chi connectivity index (χ1v) is 11.4. The van der Waals surface area contributed by atoms with Gasteiger partial charge in [-0.2, -0.15) is 0 Å². The van der Waals surface area contributed by atoms with E-state index in [1.165, 1.54) is 30.2 Å². The average molecular weight is 411 g/mol. The van der Waals surface area contributed by atoms with Gasteiger partial charge in [0.25, 0.3) is 0 Å². The summed E-state index contributed by atoms with van der Waals surface area (Å²) in [5.74, 6) is 0.298. The highest BCUT2D eigenvalue weighted by Crippen LogP contribution is 2.20. The van der Waals surface area contributed by atoms with Crippen LogP contribution >= 0.6 is 11.8 Å². The smallest absolute Gasteiger partial charge is 0.242 e. The number of carbonyl (C=O) groups is 2. The lowest BCUT2D eigenvalue weighted by Crippen LogP contribution is -2.51. The molecule has 3 rings (SSSR count). The third-order valence-corrected chi connectivity index (χ3v) is 6.46. The van der Waals surface area contributed by atoms with E-state index in [9.17, 15) is 9.59 Å². The van der Waals surface area contributed by atoms with E-state index in [2.05, 4.69) is 17.4 Å². The summed E-state index contributed by atoms with van der Waals surface area (Å²) in [6.07, 6.45) is 5.16. The van der Waals surface area contributed by atoms with Crippen LogP contribution in [0.5, 0.6) is 0 Å². The van der Waals surface area contributed by atoms with Crippen LogP contribution in [0.15, 0.2) is 65.6 Å². The van der Waals surface area contributed by atoms with Crippen LogP contribution in [0.3, 0.4) is 0 Å². The third-order valence-electron chi connectivity index (χ3n) is 5.46. The molecule has 0 spiro atoms. The largest absolute Gasteiger partial charge is 0.352 e. The maximum Gasteiger partial charge on any atom is 0.242 e. The van der Waals surface area contributed by atoms with Crippen molar-refractivity contribution >= 4 is 23.6 Å². The molecule has 1 aliphatic rings. The van der Waals surface area contributed by atoms with E-state index in [0.29, 0.717) is 12.3 Å². The van der Waals surface area contributed by atoms with Crippen molar-refractivity contribution in [3.05, 3.63) is 66.2 Å². The Hall–Kier alpha value is -2.27. The minimum Gasteiger partial charge on any atom is -0.352 e. The molecule has 0 aromatic heterocycles.